The average Bonchev–Trinajstić information content (AvgIpc) is 2.95. The van der Waals surface area contributed by atoms with Crippen molar-refractivity contribution in [1.29, 1.82) is 0 Å². The SMILES string of the molecule is CN=C(NCCc1nc(C)no1)NCc1cccc(C(F)(F)F)c1.I. The molecule has 10 heteroatoms. The van der Waals surface area contributed by atoms with Gasteiger partial charge in [0.05, 0.1) is 5.56 Å². The summed E-state index contributed by atoms with van der Waals surface area (Å²) in [7, 11) is 1.58. The number of aromatic nitrogens is 2. The zero-order chi connectivity index (χ0) is 17.6. The summed E-state index contributed by atoms with van der Waals surface area (Å²) in [5.74, 6) is 1.55. The molecule has 0 atom stereocenters. The minimum absolute atomic E-state index is 0. The molecule has 2 aromatic rings. The first kappa shape index (κ1) is 21.2. The van der Waals surface area contributed by atoms with Gasteiger partial charge in [0, 0.05) is 26.6 Å². The van der Waals surface area contributed by atoms with Crippen LogP contribution in [0.15, 0.2) is 33.8 Å². The second-order valence-corrected chi connectivity index (χ2v) is 5.04. The first-order valence-corrected chi connectivity index (χ1v) is 7.28. The number of hydrogen-bond donors (Lipinski definition) is 2. The Bertz CT molecular complexity index is 702. The molecule has 0 aliphatic heterocycles. The van der Waals surface area contributed by atoms with Gasteiger partial charge in [-0.05, 0) is 24.6 Å². The van der Waals surface area contributed by atoms with Crippen LogP contribution in [0.5, 0.6) is 0 Å². The second kappa shape index (κ2) is 9.59. The Morgan fingerprint density at radius 1 is 1.28 bits per heavy atom. The fraction of sp³-hybridized carbons (Fsp3) is 0.400. The van der Waals surface area contributed by atoms with Crippen molar-refractivity contribution >= 4 is 29.9 Å². The molecule has 0 bridgehead atoms. The van der Waals surface area contributed by atoms with E-state index in [9.17, 15) is 13.2 Å². The van der Waals surface area contributed by atoms with Crippen LogP contribution in [-0.4, -0.2) is 29.7 Å². The molecule has 1 aromatic heterocycles. The summed E-state index contributed by atoms with van der Waals surface area (Å²) in [5.41, 5.74) is -0.156. The maximum absolute atomic E-state index is 12.7. The van der Waals surface area contributed by atoms with Gasteiger partial charge in [-0.25, -0.2) is 0 Å². The van der Waals surface area contributed by atoms with Gasteiger partial charge in [-0.15, -0.1) is 24.0 Å². The highest BCUT2D eigenvalue weighted by Crippen LogP contribution is 2.29. The molecule has 0 fully saturated rings. The van der Waals surface area contributed by atoms with Crippen LogP contribution in [0.4, 0.5) is 13.2 Å². The molecule has 0 saturated carbocycles. The lowest BCUT2D eigenvalue weighted by Gasteiger charge is -2.12. The van der Waals surface area contributed by atoms with E-state index in [0.29, 0.717) is 36.2 Å². The summed E-state index contributed by atoms with van der Waals surface area (Å²) >= 11 is 0. The number of hydrogen-bond acceptors (Lipinski definition) is 4. The van der Waals surface area contributed by atoms with Gasteiger partial charge in [0.2, 0.25) is 5.89 Å². The lowest BCUT2D eigenvalue weighted by Crippen LogP contribution is -2.37. The molecular formula is C15H19F3IN5O. The lowest BCUT2D eigenvalue weighted by atomic mass is 10.1. The normalized spacial score (nSPS) is 11.8. The van der Waals surface area contributed by atoms with Gasteiger partial charge < -0.3 is 15.2 Å². The third-order valence-corrected chi connectivity index (χ3v) is 3.14. The molecule has 0 aliphatic rings. The Labute approximate surface area is 160 Å². The first-order chi connectivity index (χ1) is 11.4. The molecule has 138 valence electrons. The molecule has 0 amide bonds. The van der Waals surface area contributed by atoms with Gasteiger partial charge in [-0.2, -0.15) is 18.2 Å². The number of nitrogens with one attached hydrogen (secondary N) is 2. The van der Waals surface area contributed by atoms with Gasteiger partial charge in [0.1, 0.15) is 0 Å². The zero-order valence-electron chi connectivity index (χ0n) is 13.7. The molecule has 1 heterocycles. The third-order valence-electron chi connectivity index (χ3n) is 3.14. The highest BCUT2D eigenvalue weighted by Gasteiger charge is 2.30. The first-order valence-electron chi connectivity index (χ1n) is 7.28. The average molecular weight is 469 g/mol. The Kier molecular flexibility index (Phi) is 8.13. The Hall–Kier alpha value is -1.85. The molecule has 0 aliphatic carbocycles. The number of aliphatic imine (C=N–C) groups is 1. The van der Waals surface area contributed by atoms with E-state index in [1.165, 1.54) is 6.07 Å². The number of rotatable bonds is 5. The minimum Gasteiger partial charge on any atom is -0.356 e. The standard InChI is InChI=1S/C15H18F3N5O.HI/c1-10-22-13(24-23-10)6-7-20-14(19-2)21-9-11-4-3-5-12(8-11)15(16,17)18;/h3-5,8H,6-7,9H2,1-2H3,(H2,19,20,21);1H. The predicted octanol–water partition coefficient (Wildman–Crippen LogP) is 2.92. The third kappa shape index (κ3) is 6.88. The summed E-state index contributed by atoms with van der Waals surface area (Å²) in [6, 6.07) is 5.16. The second-order valence-electron chi connectivity index (χ2n) is 5.04. The van der Waals surface area contributed by atoms with E-state index >= 15 is 0 Å². The van der Waals surface area contributed by atoms with E-state index in [1.807, 2.05) is 0 Å². The van der Waals surface area contributed by atoms with Gasteiger partial charge in [0.25, 0.3) is 0 Å². The maximum atomic E-state index is 12.7. The molecule has 0 radical (unpaired) electrons. The Balaban J connectivity index is 0.00000312. The van der Waals surface area contributed by atoms with E-state index in [0.717, 1.165) is 12.1 Å². The van der Waals surface area contributed by atoms with E-state index < -0.39 is 11.7 Å². The summed E-state index contributed by atoms with van der Waals surface area (Å²) in [6.07, 6.45) is -3.83. The molecule has 25 heavy (non-hydrogen) atoms. The number of nitrogens with zero attached hydrogens (tertiary/aromatic N) is 3. The van der Waals surface area contributed by atoms with Crippen molar-refractivity contribution in [2.75, 3.05) is 13.6 Å². The molecule has 0 unspecified atom stereocenters. The number of halogens is 4. The van der Waals surface area contributed by atoms with Crippen LogP contribution in [0.25, 0.3) is 0 Å². The Morgan fingerprint density at radius 2 is 2.04 bits per heavy atom. The van der Waals surface area contributed by atoms with E-state index in [2.05, 4.69) is 25.8 Å². The van der Waals surface area contributed by atoms with Crippen LogP contribution in [0.2, 0.25) is 0 Å². The quantitative estimate of drug-likeness (QED) is 0.400. The summed E-state index contributed by atoms with van der Waals surface area (Å²) in [5, 5.41) is 9.68. The van der Waals surface area contributed by atoms with Crippen LogP contribution < -0.4 is 10.6 Å². The fourth-order valence-corrected chi connectivity index (χ4v) is 1.99. The summed E-state index contributed by atoms with van der Waals surface area (Å²) < 4.78 is 43.0. The van der Waals surface area contributed by atoms with Crippen LogP contribution in [0, 0.1) is 6.92 Å². The largest absolute Gasteiger partial charge is 0.416 e. The van der Waals surface area contributed by atoms with E-state index in [1.54, 1.807) is 20.0 Å². The van der Waals surface area contributed by atoms with Crippen molar-refractivity contribution in [2.24, 2.45) is 4.99 Å². The highest BCUT2D eigenvalue weighted by atomic mass is 127. The topological polar surface area (TPSA) is 75.3 Å². The van der Waals surface area contributed by atoms with Crippen LogP contribution >= 0.6 is 24.0 Å². The fourth-order valence-electron chi connectivity index (χ4n) is 1.99. The number of alkyl halides is 3. The highest BCUT2D eigenvalue weighted by molar-refractivity contribution is 14.0. The molecule has 2 rings (SSSR count). The van der Waals surface area contributed by atoms with Gasteiger partial charge >= 0.3 is 6.18 Å². The van der Waals surface area contributed by atoms with E-state index in [-0.39, 0.29) is 30.5 Å². The van der Waals surface area contributed by atoms with Gasteiger partial charge in [0.15, 0.2) is 11.8 Å². The monoisotopic (exact) mass is 469 g/mol. The summed E-state index contributed by atoms with van der Waals surface area (Å²) in [6.45, 7) is 2.46. The Morgan fingerprint density at radius 3 is 2.64 bits per heavy atom. The van der Waals surface area contributed by atoms with Crippen molar-refractivity contribution in [1.82, 2.24) is 20.8 Å². The van der Waals surface area contributed by atoms with Crippen molar-refractivity contribution in [3.8, 4) is 0 Å². The van der Waals surface area contributed by atoms with Crippen LogP contribution in [-0.2, 0) is 19.1 Å². The smallest absolute Gasteiger partial charge is 0.356 e. The lowest BCUT2D eigenvalue weighted by molar-refractivity contribution is -0.137. The van der Waals surface area contributed by atoms with Gasteiger partial charge in [-0.3, -0.25) is 4.99 Å². The molecule has 2 N–H and O–H groups in total. The van der Waals surface area contributed by atoms with Crippen molar-refractivity contribution in [3.05, 3.63) is 47.1 Å². The molecule has 1 aromatic carbocycles. The van der Waals surface area contributed by atoms with Crippen molar-refractivity contribution in [3.63, 3.8) is 0 Å². The van der Waals surface area contributed by atoms with Crippen LogP contribution in [0.3, 0.4) is 0 Å². The predicted molar refractivity (Wildman–Crippen MR) is 97.8 cm³/mol. The molecule has 0 spiro atoms. The van der Waals surface area contributed by atoms with E-state index in [4.69, 9.17) is 4.52 Å². The number of benzene rings is 1. The minimum atomic E-state index is -4.35. The molecule has 6 nitrogen and oxygen atoms in total. The van der Waals surface area contributed by atoms with Gasteiger partial charge in [-0.1, -0.05) is 17.3 Å². The van der Waals surface area contributed by atoms with Crippen LogP contribution in [0.1, 0.15) is 22.8 Å². The maximum Gasteiger partial charge on any atom is 0.416 e. The number of guanidine groups is 1. The molecule has 0 saturated heterocycles. The van der Waals surface area contributed by atoms with Crippen molar-refractivity contribution in [2.45, 2.75) is 26.1 Å². The number of aryl methyl sites for hydroxylation is 1. The summed E-state index contributed by atoms with van der Waals surface area (Å²) in [4.78, 5) is 8.09. The van der Waals surface area contributed by atoms with Crippen molar-refractivity contribution < 1.29 is 17.7 Å². The molecular weight excluding hydrogens is 450 g/mol. The zero-order valence-corrected chi connectivity index (χ0v) is 16.1.